The zero-order valence-electron chi connectivity index (χ0n) is 10.8. The van der Waals surface area contributed by atoms with Crippen LogP contribution in [0.15, 0.2) is 22.7 Å². The lowest BCUT2D eigenvalue weighted by Crippen LogP contribution is -2.46. The van der Waals surface area contributed by atoms with Crippen molar-refractivity contribution < 1.29 is 18.3 Å². The Morgan fingerprint density at radius 3 is 2.50 bits per heavy atom. The molecule has 1 saturated heterocycles. The largest absolute Gasteiger partial charge is 0.507 e. The van der Waals surface area contributed by atoms with Gasteiger partial charge in [-0.15, -0.1) is 0 Å². The van der Waals surface area contributed by atoms with Gasteiger partial charge in [0.05, 0.1) is 10.9 Å². The number of benzene rings is 1. The minimum absolute atomic E-state index is 0.0276. The minimum Gasteiger partial charge on any atom is -0.507 e. The molecule has 0 unspecified atom stereocenters. The Labute approximate surface area is 123 Å². The van der Waals surface area contributed by atoms with Crippen LogP contribution in [-0.2, 0) is 0 Å². The first-order valence-corrected chi connectivity index (χ1v) is 7.16. The van der Waals surface area contributed by atoms with Crippen LogP contribution in [0.1, 0.15) is 18.0 Å². The Morgan fingerprint density at radius 1 is 1.30 bits per heavy atom. The molecule has 1 heterocycles. The number of hydrogen-bond donors (Lipinski definition) is 2. The molecule has 3 nitrogen and oxygen atoms in total. The van der Waals surface area contributed by atoms with E-state index in [1.165, 1.54) is 6.07 Å². The molecule has 1 aromatic rings. The molecule has 0 radical (unpaired) electrons. The second kappa shape index (κ2) is 6.32. The van der Waals surface area contributed by atoms with Crippen LogP contribution in [0.3, 0.4) is 0 Å². The fraction of sp³-hybridized carbons (Fsp3) is 0.538. The first-order valence-electron chi connectivity index (χ1n) is 6.37. The lowest BCUT2D eigenvalue weighted by molar-refractivity contribution is -0.148. The van der Waals surface area contributed by atoms with E-state index in [1.54, 1.807) is 12.1 Å². The molecule has 1 fully saturated rings. The highest BCUT2D eigenvalue weighted by atomic mass is 79.9. The Bertz CT molecular complexity index is 461. The summed E-state index contributed by atoms with van der Waals surface area (Å²) < 4.78 is 38.9. The SMILES string of the molecule is Oc1ccc([C@@H](CC(F)(F)F)N2CCNCC2)cc1Br. The number of nitrogens with zero attached hydrogens (tertiary/aromatic N) is 1. The molecule has 0 spiro atoms. The number of aromatic hydroxyl groups is 1. The number of rotatable bonds is 3. The fourth-order valence-corrected chi connectivity index (χ4v) is 2.80. The highest BCUT2D eigenvalue weighted by Gasteiger charge is 2.36. The second-order valence-electron chi connectivity index (χ2n) is 4.83. The Balaban J connectivity index is 2.26. The predicted octanol–water partition coefficient (Wildman–Crippen LogP) is 3.05. The van der Waals surface area contributed by atoms with Crippen LogP contribution in [0.25, 0.3) is 0 Å². The average Bonchev–Trinajstić information content (AvgIpc) is 2.39. The van der Waals surface area contributed by atoms with Gasteiger partial charge in [-0.3, -0.25) is 4.90 Å². The van der Waals surface area contributed by atoms with Crippen LogP contribution >= 0.6 is 15.9 Å². The summed E-state index contributed by atoms with van der Waals surface area (Å²) >= 11 is 3.16. The van der Waals surface area contributed by atoms with Gasteiger partial charge in [-0.05, 0) is 33.6 Å². The molecule has 1 aliphatic heterocycles. The maximum absolute atomic E-state index is 12.8. The van der Waals surface area contributed by atoms with Crippen molar-refractivity contribution in [2.24, 2.45) is 0 Å². The van der Waals surface area contributed by atoms with E-state index < -0.39 is 18.6 Å². The van der Waals surface area contributed by atoms with Crippen molar-refractivity contribution >= 4 is 15.9 Å². The molecule has 2 N–H and O–H groups in total. The lowest BCUT2D eigenvalue weighted by Gasteiger charge is -2.35. The monoisotopic (exact) mass is 352 g/mol. The van der Waals surface area contributed by atoms with Crippen LogP contribution in [0.4, 0.5) is 13.2 Å². The third-order valence-corrected chi connectivity index (χ3v) is 4.01. The van der Waals surface area contributed by atoms with Gasteiger partial charge in [-0.1, -0.05) is 6.07 Å². The van der Waals surface area contributed by atoms with Crippen LogP contribution in [0.5, 0.6) is 5.75 Å². The Hall–Kier alpha value is -0.790. The van der Waals surface area contributed by atoms with Gasteiger partial charge in [-0.25, -0.2) is 0 Å². The topological polar surface area (TPSA) is 35.5 Å². The van der Waals surface area contributed by atoms with Gasteiger partial charge < -0.3 is 10.4 Å². The van der Waals surface area contributed by atoms with E-state index in [9.17, 15) is 18.3 Å². The molecule has 1 aromatic carbocycles. The van der Waals surface area contributed by atoms with Crippen LogP contribution in [0, 0.1) is 0 Å². The summed E-state index contributed by atoms with van der Waals surface area (Å²) in [5.74, 6) is 0.0276. The van der Waals surface area contributed by atoms with Gasteiger partial charge in [0.1, 0.15) is 5.75 Å². The van der Waals surface area contributed by atoms with Crippen molar-refractivity contribution in [1.82, 2.24) is 10.2 Å². The van der Waals surface area contributed by atoms with Gasteiger partial charge >= 0.3 is 6.18 Å². The predicted molar refractivity (Wildman–Crippen MR) is 73.7 cm³/mol. The first kappa shape index (κ1) is 15.6. The summed E-state index contributed by atoms with van der Waals surface area (Å²) in [6.07, 6.45) is -5.11. The summed E-state index contributed by atoms with van der Waals surface area (Å²) in [5, 5.41) is 12.6. The third kappa shape index (κ3) is 4.10. The number of alkyl halides is 3. The smallest absolute Gasteiger partial charge is 0.390 e. The number of hydrogen-bond acceptors (Lipinski definition) is 3. The third-order valence-electron chi connectivity index (χ3n) is 3.37. The van der Waals surface area contributed by atoms with Gasteiger partial charge in [-0.2, -0.15) is 13.2 Å². The molecule has 0 bridgehead atoms. The van der Waals surface area contributed by atoms with Gasteiger partial charge in [0, 0.05) is 32.2 Å². The van der Waals surface area contributed by atoms with Crippen LogP contribution in [-0.4, -0.2) is 42.4 Å². The molecule has 0 amide bonds. The van der Waals surface area contributed by atoms with E-state index in [-0.39, 0.29) is 5.75 Å². The van der Waals surface area contributed by atoms with Crippen molar-refractivity contribution in [2.45, 2.75) is 18.6 Å². The molecule has 2 rings (SSSR count). The summed E-state index contributed by atoms with van der Waals surface area (Å²) in [6.45, 7) is 2.54. The normalized spacial score (nSPS) is 19.0. The standard InChI is InChI=1S/C13H16BrF3N2O/c14-10-7-9(1-2-12(10)20)11(8-13(15,16)17)19-5-3-18-4-6-19/h1-2,7,11,18,20H,3-6,8H2/t11-/m1/s1. The summed E-state index contributed by atoms with van der Waals surface area (Å²) in [5.41, 5.74) is 0.564. The van der Waals surface area contributed by atoms with Crippen molar-refractivity contribution in [1.29, 1.82) is 0 Å². The van der Waals surface area contributed by atoms with Crippen molar-refractivity contribution in [2.75, 3.05) is 26.2 Å². The molecule has 112 valence electrons. The van der Waals surface area contributed by atoms with E-state index in [4.69, 9.17) is 0 Å². The fourth-order valence-electron chi connectivity index (χ4n) is 2.40. The van der Waals surface area contributed by atoms with E-state index in [0.717, 1.165) is 0 Å². The van der Waals surface area contributed by atoms with Gasteiger partial charge in [0.25, 0.3) is 0 Å². The second-order valence-corrected chi connectivity index (χ2v) is 5.69. The van der Waals surface area contributed by atoms with Gasteiger partial charge in [0.15, 0.2) is 0 Å². The van der Waals surface area contributed by atoms with Gasteiger partial charge in [0.2, 0.25) is 0 Å². The molecule has 0 saturated carbocycles. The summed E-state index contributed by atoms with van der Waals surface area (Å²) in [7, 11) is 0. The number of nitrogens with one attached hydrogen (secondary N) is 1. The number of phenolic OH excluding ortho intramolecular Hbond substituents is 1. The van der Waals surface area contributed by atoms with E-state index >= 15 is 0 Å². The number of halogens is 4. The molecule has 7 heteroatoms. The quantitative estimate of drug-likeness (QED) is 0.877. The maximum Gasteiger partial charge on any atom is 0.390 e. The zero-order valence-corrected chi connectivity index (χ0v) is 12.3. The minimum atomic E-state index is -4.22. The molecular weight excluding hydrogens is 337 g/mol. The van der Waals surface area contributed by atoms with Crippen LogP contribution in [0.2, 0.25) is 0 Å². The Morgan fingerprint density at radius 2 is 1.95 bits per heavy atom. The number of phenols is 1. The van der Waals surface area contributed by atoms with E-state index in [0.29, 0.717) is 36.2 Å². The molecular formula is C13H16BrF3N2O. The summed E-state index contributed by atoms with van der Waals surface area (Å²) in [6, 6.07) is 3.83. The molecule has 0 aromatic heterocycles. The van der Waals surface area contributed by atoms with Crippen molar-refractivity contribution in [3.63, 3.8) is 0 Å². The van der Waals surface area contributed by atoms with Crippen molar-refractivity contribution in [3.05, 3.63) is 28.2 Å². The first-order chi connectivity index (χ1) is 9.37. The Kier molecular flexibility index (Phi) is 4.93. The highest BCUT2D eigenvalue weighted by Crippen LogP contribution is 2.36. The van der Waals surface area contributed by atoms with E-state index in [2.05, 4.69) is 21.2 Å². The van der Waals surface area contributed by atoms with Crippen LogP contribution < -0.4 is 5.32 Å². The lowest BCUT2D eigenvalue weighted by atomic mass is 10.0. The zero-order chi connectivity index (χ0) is 14.8. The molecule has 0 aliphatic carbocycles. The average molecular weight is 353 g/mol. The maximum atomic E-state index is 12.8. The molecule has 1 atom stereocenters. The van der Waals surface area contributed by atoms with Crippen molar-refractivity contribution in [3.8, 4) is 5.75 Å². The highest BCUT2D eigenvalue weighted by molar-refractivity contribution is 9.10. The summed E-state index contributed by atoms with van der Waals surface area (Å²) in [4.78, 5) is 1.84. The molecule has 20 heavy (non-hydrogen) atoms. The number of piperazine rings is 1. The molecule has 1 aliphatic rings. The van der Waals surface area contributed by atoms with E-state index in [1.807, 2.05) is 4.90 Å².